The summed E-state index contributed by atoms with van der Waals surface area (Å²) in [5.41, 5.74) is 1.25. The Bertz CT molecular complexity index is 560. The highest BCUT2D eigenvalue weighted by atomic mass is 16.5. The maximum absolute atomic E-state index is 5.95. The summed E-state index contributed by atoms with van der Waals surface area (Å²) in [6.45, 7) is 7.32. The van der Waals surface area contributed by atoms with E-state index in [1.54, 1.807) is 0 Å². The lowest BCUT2D eigenvalue weighted by Gasteiger charge is -2.33. The fraction of sp³-hybridized carbons (Fsp3) is 0.650. The maximum atomic E-state index is 5.95. The van der Waals surface area contributed by atoms with Gasteiger partial charge in [0, 0.05) is 32.2 Å². The average molecular weight is 345 g/mol. The first-order valence-electron chi connectivity index (χ1n) is 9.58. The predicted octanol–water partition coefficient (Wildman–Crippen LogP) is 2.55. The molecule has 1 aromatic rings. The van der Waals surface area contributed by atoms with E-state index in [1.807, 2.05) is 19.2 Å². The molecule has 0 spiro atoms. The van der Waals surface area contributed by atoms with Crippen molar-refractivity contribution >= 4 is 5.96 Å². The Labute approximate surface area is 151 Å². The summed E-state index contributed by atoms with van der Waals surface area (Å²) in [6, 6.07) is 9.60. The van der Waals surface area contributed by atoms with Crippen LogP contribution in [0.25, 0.3) is 0 Å². The molecule has 2 fully saturated rings. The highest BCUT2D eigenvalue weighted by molar-refractivity contribution is 5.80. The molecule has 25 heavy (non-hydrogen) atoms. The van der Waals surface area contributed by atoms with Crippen LogP contribution < -0.4 is 15.4 Å². The van der Waals surface area contributed by atoms with Gasteiger partial charge in [0.05, 0.1) is 6.54 Å². The first kappa shape index (κ1) is 18.1. The number of benzene rings is 1. The molecule has 0 radical (unpaired) electrons. The largest absolute Gasteiger partial charge is 0.489 e. The number of aliphatic imine (C=N–C) groups is 1. The first-order valence-corrected chi connectivity index (χ1v) is 9.58. The molecule has 0 amide bonds. The number of hydrogen-bond acceptors (Lipinski definition) is 3. The molecule has 0 aromatic heterocycles. The third kappa shape index (κ3) is 5.63. The van der Waals surface area contributed by atoms with Crippen LogP contribution in [0.15, 0.2) is 29.3 Å². The Morgan fingerprint density at radius 2 is 1.88 bits per heavy atom. The minimum Gasteiger partial charge on any atom is -0.489 e. The molecule has 1 aliphatic carbocycles. The quantitative estimate of drug-likeness (QED) is 0.615. The van der Waals surface area contributed by atoms with Crippen LogP contribution >= 0.6 is 0 Å². The normalized spacial score (nSPS) is 21.0. The molecule has 5 heteroatoms. The molecule has 1 atom stereocenters. The highest BCUT2D eigenvalue weighted by Gasteiger charge is 2.31. The maximum Gasteiger partial charge on any atom is 0.191 e. The fourth-order valence-electron chi connectivity index (χ4n) is 3.37. The lowest BCUT2D eigenvalue weighted by molar-refractivity contribution is 0.196. The lowest BCUT2D eigenvalue weighted by atomic mass is 10.1. The van der Waals surface area contributed by atoms with Crippen LogP contribution in [0.3, 0.4) is 0 Å². The van der Waals surface area contributed by atoms with Crippen molar-refractivity contribution in [3.8, 4) is 5.75 Å². The zero-order valence-corrected chi connectivity index (χ0v) is 15.8. The van der Waals surface area contributed by atoms with Crippen LogP contribution in [0, 0.1) is 6.92 Å². The summed E-state index contributed by atoms with van der Waals surface area (Å²) < 4.78 is 5.95. The molecular weight excluding hydrogens is 312 g/mol. The lowest BCUT2D eigenvalue weighted by Crippen LogP contribution is -2.50. The van der Waals surface area contributed by atoms with E-state index in [0.29, 0.717) is 6.04 Å². The number of aryl methyl sites for hydroxylation is 1. The van der Waals surface area contributed by atoms with E-state index in [1.165, 1.54) is 44.3 Å². The van der Waals surface area contributed by atoms with Crippen molar-refractivity contribution in [1.82, 2.24) is 15.5 Å². The fourth-order valence-corrected chi connectivity index (χ4v) is 3.37. The van der Waals surface area contributed by atoms with E-state index in [9.17, 15) is 0 Å². The number of nitrogens with one attached hydrogen (secondary N) is 2. The number of piperidine rings is 1. The van der Waals surface area contributed by atoms with Gasteiger partial charge >= 0.3 is 0 Å². The van der Waals surface area contributed by atoms with Crippen LogP contribution in [-0.2, 0) is 0 Å². The zero-order chi connectivity index (χ0) is 17.6. The van der Waals surface area contributed by atoms with E-state index in [0.717, 1.165) is 24.3 Å². The van der Waals surface area contributed by atoms with Gasteiger partial charge in [0.25, 0.3) is 0 Å². The molecule has 138 valence electrons. The molecular formula is C20H32N4O. The van der Waals surface area contributed by atoms with Gasteiger partial charge in [-0.15, -0.1) is 0 Å². The monoisotopic (exact) mass is 344 g/mol. The molecule has 5 nitrogen and oxygen atoms in total. The Kier molecular flexibility index (Phi) is 6.19. The van der Waals surface area contributed by atoms with Gasteiger partial charge < -0.3 is 20.3 Å². The van der Waals surface area contributed by atoms with Gasteiger partial charge in [-0.2, -0.15) is 0 Å². The van der Waals surface area contributed by atoms with Crippen molar-refractivity contribution in [2.75, 3.05) is 26.7 Å². The minimum absolute atomic E-state index is 0.0815. The zero-order valence-electron chi connectivity index (χ0n) is 15.8. The topological polar surface area (TPSA) is 48.9 Å². The van der Waals surface area contributed by atoms with Gasteiger partial charge in [-0.3, -0.25) is 4.99 Å². The third-order valence-electron chi connectivity index (χ3n) is 5.07. The van der Waals surface area contributed by atoms with Gasteiger partial charge in [-0.25, -0.2) is 0 Å². The summed E-state index contributed by atoms with van der Waals surface area (Å²) in [5.74, 6) is 1.79. The number of rotatable bonds is 6. The van der Waals surface area contributed by atoms with Gasteiger partial charge in [-0.1, -0.05) is 17.7 Å². The third-order valence-corrected chi connectivity index (χ3v) is 5.07. The van der Waals surface area contributed by atoms with Crippen molar-refractivity contribution in [2.24, 2.45) is 4.99 Å². The SMILES string of the molecule is CN=C(NCC(C)Oc1ccc(C)cc1)NC1CCN(C2CC2)CC1. The Hall–Kier alpha value is -1.75. The van der Waals surface area contributed by atoms with Gasteiger partial charge in [-0.05, 0) is 51.7 Å². The Balaban J connectivity index is 1.37. The van der Waals surface area contributed by atoms with Crippen molar-refractivity contribution < 1.29 is 4.74 Å². The van der Waals surface area contributed by atoms with Crippen LogP contribution in [-0.4, -0.2) is 55.7 Å². The number of ether oxygens (including phenoxy) is 1. The second-order valence-electron chi connectivity index (χ2n) is 7.38. The number of nitrogens with zero attached hydrogens (tertiary/aromatic N) is 2. The average Bonchev–Trinajstić information content (AvgIpc) is 3.46. The van der Waals surface area contributed by atoms with E-state index in [2.05, 4.69) is 46.5 Å². The molecule has 0 bridgehead atoms. The molecule has 1 saturated carbocycles. The summed E-state index contributed by atoms with van der Waals surface area (Å²) in [5, 5.41) is 6.96. The van der Waals surface area contributed by atoms with E-state index < -0.39 is 0 Å². The number of hydrogen-bond donors (Lipinski definition) is 2. The number of likely N-dealkylation sites (tertiary alicyclic amines) is 1. The Morgan fingerprint density at radius 3 is 2.48 bits per heavy atom. The first-order chi connectivity index (χ1) is 12.1. The second-order valence-corrected chi connectivity index (χ2v) is 7.38. The van der Waals surface area contributed by atoms with Crippen molar-refractivity contribution in [3.63, 3.8) is 0 Å². The highest BCUT2D eigenvalue weighted by Crippen LogP contribution is 2.29. The van der Waals surface area contributed by atoms with Gasteiger partial charge in [0.1, 0.15) is 11.9 Å². The summed E-state index contributed by atoms with van der Waals surface area (Å²) in [6.07, 6.45) is 5.29. The summed E-state index contributed by atoms with van der Waals surface area (Å²) in [7, 11) is 1.83. The molecule has 1 unspecified atom stereocenters. The van der Waals surface area contributed by atoms with E-state index in [4.69, 9.17) is 4.74 Å². The second kappa shape index (κ2) is 8.56. The van der Waals surface area contributed by atoms with Crippen LogP contribution in [0.5, 0.6) is 5.75 Å². The molecule has 2 N–H and O–H groups in total. The molecule has 2 aliphatic rings. The molecule has 1 aromatic carbocycles. The van der Waals surface area contributed by atoms with Gasteiger partial charge in [0.15, 0.2) is 5.96 Å². The molecule has 1 saturated heterocycles. The van der Waals surface area contributed by atoms with Crippen molar-refractivity contribution in [3.05, 3.63) is 29.8 Å². The smallest absolute Gasteiger partial charge is 0.191 e. The van der Waals surface area contributed by atoms with Crippen molar-refractivity contribution in [1.29, 1.82) is 0 Å². The summed E-state index contributed by atoms with van der Waals surface area (Å²) >= 11 is 0. The molecule has 1 aliphatic heterocycles. The predicted molar refractivity (Wildman–Crippen MR) is 103 cm³/mol. The van der Waals surface area contributed by atoms with E-state index >= 15 is 0 Å². The standard InChI is InChI=1S/C20H32N4O/c1-15-4-8-19(9-5-15)25-16(2)14-22-20(21-3)23-17-10-12-24(13-11-17)18-6-7-18/h4-5,8-9,16-18H,6-7,10-14H2,1-3H3,(H2,21,22,23). The van der Waals surface area contributed by atoms with Gasteiger partial charge in [0.2, 0.25) is 0 Å². The van der Waals surface area contributed by atoms with E-state index in [-0.39, 0.29) is 6.10 Å². The number of guanidine groups is 1. The van der Waals surface area contributed by atoms with Crippen LogP contribution in [0.4, 0.5) is 0 Å². The van der Waals surface area contributed by atoms with Crippen molar-refractivity contribution in [2.45, 2.75) is 57.7 Å². The van der Waals surface area contributed by atoms with Crippen LogP contribution in [0.2, 0.25) is 0 Å². The summed E-state index contributed by atoms with van der Waals surface area (Å²) in [4.78, 5) is 7.01. The molecule has 3 rings (SSSR count). The molecule has 1 heterocycles. The minimum atomic E-state index is 0.0815. The van der Waals surface area contributed by atoms with Crippen LogP contribution in [0.1, 0.15) is 38.2 Å². The Morgan fingerprint density at radius 1 is 1.20 bits per heavy atom.